The second kappa shape index (κ2) is 8.06. The van der Waals surface area contributed by atoms with Gasteiger partial charge in [-0.2, -0.15) is 0 Å². The fraction of sp³-hybridized carbons (Fsp3) is 0.100. The molecule has 178 valence electrons. The van der Waals surface area contributed by atoms with Gasteiger partial charge in [-0.3, -0.25) is 9.78 Å². The van der Waals surface area contributed by atoms with Gasteiger partial charge in [-0.25, -0.2) is 15.0 Å². The van der Waals surface area contributed by atoms with Crippen molar-refractivity contribution in [3.63, 3.8) is 0 Å². The summed E-state index contributed by atoms with van der Waals surface area (Å²) in [7, 11) is 0. The highest BCUT2D eigenvalue weighted by Crippen LogP contribution is 2.47. The van der Waals surface area contributed by atoms with E-state index in [0.717, 1.165) is 56.1 Å². The van der Waals surface area contributed by atoms with Crippen LogP contribution in [0.3, 0.4) is 0 Å². The molecule has 0 aliphatic heterocycles. The molecule has 1 aliphatic carbocycles. The molecule has 0 radical (unpaired) electrons. The number of hydrogen-bond donors (Lipinski definition) is 2. The van der Waals surface area contributed by atoms with Crippen LogP contribution in [0.1, 0.15) is 38.9 Å². The van der Waals surface area contributed by atoms with Crippen LogP contribution in [0.15, 0.2) is 79.1 Å². The lowest BCUT2D eigenvalue weighted by atomic mass is 9.98. The van der Waals surface area contributed by atoms with Crippen molar-refractivity contribution in [2.24, 2.45) is 0 Å². The number of nitrogens with one attached hydrogen (secondary N) is 2. The maximum atomic E-state index is 13.7. The molecule has 2 N–H and O–H groups in total. The van der Waals surface area contributed by atoms with Crippen LogP contribution in [-0.4, -0.2) is 30.8 Å². The zero-order chi connectivity index (χ0) is 25.1. The number of hydrogen-bond acceptors (Lipinski definition) is 5. The molecule has 0 saturated heterocycles. The van der Waals surface area contributed by atoms with Crippen LogP contribution in [-0.2, 0) is 0 Å². The Morgan fingerprint density at radius 1 is 0.811 bits per heavy atom. The molecule has 3 aromatic heterocycles. The molecule has 7 heteroatoms. The topological polar surface area (TPSA) is 96.5 Å². The van der Waals surface area contributed by atoms with Gasteiger partial charge in [-0.15, -0.1) is 0 Å². The van der Waals surface area contributed by atoms with Gasteiger partial charge in [0.2, 0.25) is 0 Å². The number of aromatic amines is 1. The van der Waals surface area contributed by atoms with Gasteiger partial charge in [0.05, 0.1) is 45.7 Å². The molecular weight excluding hydrogens is 460 g/mol. The molecule has 1 atom stereocenters. The summed E-state index contributed by atoms with van der Waals surface area (Å²) in [6.07, 6.45) is 3.52. The van der Waals surface area contributed by atoms with Crippen LogP contribution >= 0.6 is 0 Å². The zero-order valence-corrected chi connectivity index (χ0v) is 20.3. The number of amides is 1. The van der Waals surface area contributed by atoms with E-state index in [1.54, 1.807) is 12.4 Å². The molecule has 0 unspecified atom stereocenters. The smallest absolute Gasteiger partial charge is 0.254 e. The Balaban J connectivity index is 1.35. The number of benzene rings is 3. The van der Waals surface area contributed by atoms with E-state index >= 15 is 0 Å². The van der Waals surface area contributed by atoms with E-state index in [-0.39, 0.29) is 11.9 Å². The molecule has 0 bridgehead atoms. The normalized spacial score (nSPS) is 14.1. The van der Waals surface area contributed by atoms with Crippen molar-refractivity contribution in [2.75, 3.05) is 0 Å². The number of carbonyl (C=O) groups excluding carboxylic acids is 1. The lowest BCUT2D eigenvalue weighted by Gasteiger charge is -2.17. The first-order valence-electron chi connectivity index (χ1n) is 12.2. The van der Waals surface area contributed by atoms with Gasteiger partial charge in [0.25, 0.3) is 5.91 Å². The highest BCUT2D eigenvalue weighted by atomic mass is 16.1. The molecule has 6 aromatic rings. The average molecular weight is 483 g/mol. The lowest BCUT2D eigenvalue weighted by Crippen LogP contribution is -2.28. The molecular formula is C30H22N6O. The summed E-state index contributed by atoms with van der Waals surface area (Å²) in [5.41, 5.74) is 10.5. The Labute approximate surface area is 212 Å². The summed E-state index contributed by atoms with van der Waals surface area (Å²) in [5, 5.41) is 3.29. The Bertz CT molecular complexity index is 1840. The largest absolute Gasteiger partial charge is 0.341 e. The minimum absolute atomic E-state index is 0.184. The second-order valence-corrected chi connectivity index (χ2v) is 9.31. The van der Waals surface area contributed by atoms with Crippen LogP contribution in [0.25, 0.3) is 44.6 Å². The summed E-state index contributed by atoms with van der Waals surface area (Å²) in [5.74, 6) is 0.591. The third-order valence-electron chi connectivity index (χ3n) is 7.11. The number of fused-ring (bicyclic) bond motifs is 5. The Morgan fingerprint density at radius 2 is 1.59 bits per heavy atom. The number of imidazole rings is 1. The first kappa shape index (κ1) is 21.4. The van der Waals surface area contributed by atoms with Crippen LogP contribution < -0.4 is 5.32 Å². The highest BCUT2D eigenvalue weighted by molar-refractivity contribution is 6.05. The quantitative estimate of drug-likeness (QED) is 0.338. The number of carbonyl (C=O) groups is 1. The standard InChI is InChI=1S/C30H22N6O/c1-16-17(2)33-28-22(11-6-12-24(28)32-16)30(37)36-27-19-8-4-3-7-18(19)26-20(27)9-5-10-21(26)29-34-23-13-14-31-15-25(23)35-29/h3-15,27H,1-2H3,(H,34,35)(H,36,37)/t27-/m1/s1. The minimum atomic E-state index is -0.306. The Kier molecular flexibility index (Phi) is 4.66. The second-order valence-electron chi connectivity index (χ2n) is 9.31. The van der Waals surface area contributed by atoms with E-state index < -0.39 is 0 Å². The van der Waals surface area contributed by atoms with Crippen molar-refractivity contribution in [2.45, 2.75) is 19.9 Å². The molecule has 3 aromatic carbocycles. The Morgan fingerprint density at radius 3 is 2.49 bits per heavy atom. The van der Waals surface area contributed by atoms with Crippen molar-refractivity contribution < 1.29 is 4.79 Å². The molecule has 1 aliphatic rings. The lowest BCUT2D eigenvalue weighted by molar-refractivity contribution is 0.0945. The van der Waals surface area contributed by atoms with Gasteiger partial charge in [-0.05, 0) is 54.3 Å². The van der Waals surface area contributed by atoms with E-state index in [0.29, 0.717) is 16.6 Å². The van der Waals surface area contributed by atoms with Gasteiger partial charge in [0.15, 0.2) is 0 Å². The molecule has 0 spiro atoms. The van der Waals surface area contributed by atoms with Crippen molar-refractivity contribution in [3.8, 4) is 22.5 Å². The first-order valence-corrected chi connectivity index (χ1v) is 12.2. The van der Waals surface area contributed by atoms with E-state index in [1.165, 1.54) is 0 Å². The van der Waals surface area contributed by atoms with Gasteiger partial charge in [-0.1, -0.05) is 48.5 Å². The molecule has 7 rings (SSSR count). The third kappa shape index (κ3) is 3.31. The zero-order valence-electron chi connectivity index (χ0n) is 20.3. The van der Waals surface area contributed by atoms with Crippen LogP contribution in [0.2, 0.25) is 0 Å². The van der Waals surface area contributed by atoms with Gasteiger partial charge < -0.3 is 10.3 Å². The monoisotopic (exact) mass is 482 g/mol. The number of para-hydroxylation sites is 1. The predicted octanol–water partition coefficient (Wildman–Crippen LogP) is 5.68. The van der Waals surface area contributed by atoms with E-state index in [4.69, 9.17) is 9.97 Å². The first-order chi connectivity index (χ1) is 18.1. The van der Waals surface area contributed by atoms with Crippen molar-refractivity contribution in [1.82, 2.24) is 30.2 Å². The van der Waals surface area contributed by atoms with Crippen LogP contribution in [0.4, 0.5) is 0 Å². The van der Waals surface area contributed by atoms with Crippen molar-refractivity contribution in [1.29, 1.82) is 0 Å². The van der Waals surface area contributed by atoms with Crippen LogP contribution in [0, 0.1) is 13.8 Å². The third-order valence-corrected chi connectivity index (χ3v) is 7.11. The number of rotatable bonds is 3. The summed E-state index contributed by atoms with van der Waals surface area (Å²) in [6.45, 7) is 3.84. The average Bonchev–Trinajstić information content (AvgIpc) is 3.49. The molecule has 37 heavy (non-hydrogen) atoms. The summed E-state index contributed by atoms with van der Waals surface area (Å²) in [4.78, 5) is 35.5. The maximum absolute atomic E-state index is 13.7. The number of aromatic nitrogens is 5. The molecule has 0 saturated carbocycles. The summed E-state index contributed by atoms with van der Waals surface area (Å²) in [6, 6.07) is 21.5. The molecule has 3 heterocycles. The highest BCUT2D eigenvalue weighted by Gasteiger charge is 2.32. The maximum Gasteiger partial charge on any atom is 0.254 e. The molecule has 7 nitrogen and oxygen atoms in total. The Hall–Kier alpha value is -4.91. The SMILES string of the molecule is Cc1nc2cccc(C(=O)N[C@@H]3c4ccccc4-c4c(-c5nc6ccncc6[nH]5)cccc43)c2nc1C. The van der Waals surface area contributed by atoms with E-state index in [1.807, 2.05) is 56.3 Å². The number of pyridine rings is 1. The number of H-pyrrole nitrogens is 1. The summed E-state index contributed by atoms with van der Waals surface area (Å²) < 4.78 is 0. The van der Waals surface area contributed by atoms with Gasteiger partial charge >= 0.3 is 0 Å². The number of aryl methyl sites for hydroxylation is 2. The predicted molar refractivity (Wildman–Crippen MR) is 143 cm³/mol. The van der Waals surface area contributed by atoms with Gasteiger partial charge in [0, 0.05) is 11.8 Å². The number of nitrogens with zero attached hydrogens (tertiary/aromatic N) is 4. The van der Waals surface area contributed by atoms with E-state index in [9.17, 15) is 4.79 Å². The van der Waals surface area contributed by atoms with Crippen molar-refractivity contribution >= 4 is 28.0 Å². The fourth-order valence-electron chi connectivity index (χ4n) is 5.23. The van der Waals surface area contributed by atoms with Crippen molar-refractivity contribution in [3.05, 3.63) is 107 Å². The van der Waals surface area contributed by atoms with E-state index in [2.05, 4.69) is 44.5 Å². The summed E-state index contributed by atoms with van der Waals surface area (Å²) >= 11 is 0. The fourth-order valence-corrected chi connectivity index (χ4v) is 5.23. The molecule has 1 amide bonds. The molecule has 0 fully saturated rings. The van der Waals surface area contributed by atoms with Crippen LogP contribution in [0.5, 0.6) is 0 Å². The minimum Gasteiger partial charge on any atom is -0.341 e. The van der Waals surface area contributed by atoms with Gasteiger partial charge in [0.1, 0.15) is 11.3 Å².